The summed E-state index contributed by atoms with van der Waals surface area (Å²) in [5.74, 6) is 0. The van der Waals surface area contributed by atoms with Gasteiger partial charge in [-0.05, 0) is 39.1 Å². The van der Waals surface area contributed by atoms with Gasteiger partial charge >= 0.3 is 0 Å². The fraction of sp³-hybridized carbons (Fsp3) is 0.571. The molecular formula is C14H22ClN3. The van der Waals surface area contributed by atoms with Gasteiger partial charge < -0.3 is 10.6 Å². The third-order valence-corrected chi connectivity index (χ3v) is 4.20. The van der Waals surface area contributed by atoms with Gasteiger partial charge in [0.25, 0.3) is 0 Å². The number of para-hydroxylation sites is 1. The number of nitrogens with two attached hydrogens (primary N) is 1. The van der Waals surface area contributed by atoms with E-state index in [-0.39, 0.29) is 0 Å². The van der Waals surface area contributed by atoms with Gasteiger partial charge in [-0.1, -0.05) is 23.7 Å². The summed E-state index contributed by atoms with van der Waals surface area (Å²) >= 11 is 6.29. The minimum atomic E-state index is 0.509. The van der Waals surface area contributed by atoms with E-state index in [2.05, 4.69) is 29.8 Å². The van der Waals surface area contributed by atoms with Crippen molar-refractivity contribution in [3.8, 4) is 0 Å². The van der Waals surface area contributed by atoms with Crippen molar-refractivity contribution < 1.29 is 0 Å². The minimum Gasteiger partial charge on any atom is -0.367 e. The Hall–Kier alpha value is -0.770. The van der Waals surface area contributed by atoms with Gasteiger partial charge in [-0.15, -0.1) is 0 Å². The molecule has 0 saturated carbocycles. The zero-order chi connectivity index (χ0) is 13.1. The molecule has 2 unspecified atom stereocenters. The Kier molecular flexibility index (Phi) is 4.49. The van der Waals surface area contributed by atoms with Crippen LogP contribution in [0.25, 0.3) is 0 Å². The first kappa shape index (κ1) is 13.7. The molecule has 100 valence electrons. The Morgan fingerprint density at radius 3 is 2.72 bits per heavy atom. The van der Waals surface area contributed by atoms with Crippen LogP contribution in [0.3, 0.4) is 0 Å². The van der Waals surface area contributed by atoms with Crippen molar-refractivity contribution in [2.24, 2.45) is 5.73 Å². The van der Waals surface area contributed by atoms with Crippen molar-refractivity contribution in [2.45, 2.75) is 25.4 Å². The van der Waals surface area contributed by atoms with Gasteiger partial charge in [-0.3, -0.25) is 4.90 Å². The molecule has 2 N–H and O–H groups in total. The van der Waals surface area contributed by atoms with Crippen molar-refractivity contribution in [3.63, 3.8) is 0 Å². The van der Waals surface area contributed by atoms with Gasteiger partial charge in [-0.2, -0.15) is 0 Å². The standard InChI is InChI=1S/C14H22ClN3/c1-11-9-18(10-12(7-8-16)17(11)2)14-6-4-3-5-13(14)15/h3-6,11-12H,7-10,16H2,1-2H3. The van der Waals surface area contributed by atoms with E-state index >= 15 is 0 Å². The van der Waals surface area contributed by atoms with Crippen LogP contribution in [0.2, 0.25) is 5.02 Å². The van der Waals surface area contributed by atoms with E-state index in [0.29, 0.717) is 12.1 Å². The van der Waals surface area contributed by atoms with E-state index in [0.717, 1.165) is 36.8 Å². The molecule has 1 heterocycles. The summed E-state index contributed by atoms with van der Waals surface area (Å²) < 4.78 is 0. The maximum atomic E-state index is 6.29. The summed E-state index contributed by atoms with van der Waals surface area (Å²) in [6.07, 6.45) is 1.03. The quantitative estimate of drug-likeness (QED) is 0.911. The molecule has 0 radical (unpaired) electrons. The summed E-state index contributed by atoms with van der Waals surface area (Å²) in [6.45, 7) is 5.01. The first-order valence-electron chi connectivity index (χ1n) is 6.55. The number of halogens is 1. The molecule has 2 atom stereocenters. The zero-order valence-corrected chi connectivity index (χ0v) is 11.9. The molecule has 0 aromatic heterocycles. The van der Waals surface area contributed by atoms with Crippen LogP contribution in [-0.2, 0) is 0 Å². The van der Waals surface area contributed by atoms with Crippen LogP contribution < -0.4 is 10.6 Å². The lowest BCUT2D eigenvalue weighted by molar-refractivity contribution is 0.152. The predicted molar refractivity (Wildman–Crippen MR) is 78.3 cm³/mol. The van der Waals surface area contributed by atoms with Crippen LogP contribution >= 0.6 is 11.6 Å². The highest BCUT2D eigenvalue weighted by atomic mass is 35.5. The fourth-order valence-electron chi connectivity index (χ4n) is 2.66. The monoisotopic (exact) mass is 267 g/mol. The SMILES string of the molecule is CC1CN(c2ccccc2Cl)CC(CCN)N1C. The van der Waals surface area contributed by atoms with E-state index in [1.165, 1.54) is 0 Å². The topological polar surface area (TPSA) is 32.5 Å². The molecule has 0 aliphatic carbocycles. The van der Waals surface area contributed by atoms with Crippen LogP contribution in [0.4, 0.5) is 5.69 Å². The third kappa shape index (κ3) is 2.79. The molecule has 1 fully saturated rings. The first-order valence-corrected chi connectivity index (χ1v) is 6.92. The highest BCUT2D eigenvalue weighted by molar-refractivity contribution is 6.33. The van der Waals surface area contributed by atoms with Crippen LogP contribution in [0, 0.1) is 0 Å². The van der Waals surface area contributed by atoms with Gasteiger partial charge in [0.05, 0.1) is 10.7 Å². The number of benzene rings is 1. The second-order valence-electron chi connectivity index (χ2n) is 5.10. The normalized spacial score (nSPS) is 25.4. The van der Waals surface area contributed by atoms with Crippen molar-refractivity contribution in [2.75, 3.05) is 31.6 Å². The molecule has 1 aromatic carbocycles. The molecule has 4 heteroatoms. The fourth-order valence-corrected chi connectivity index (χ4v) is 2.91. The Morgan fingerprint density at radius 1 is 1.33 bits per heavy atom. The lowest BCUT2D eigenvalue weighted by atomic mass is 10.0. The second-order valence-corrected chi connectivity index (χ2v) is 5.51. The molecule has 0 bridgehead atoms. The number of hydrogen-bond acceptors (Lipinski definition) is 3. The highest BCUT2D eigenvalue weighted by Crippen LogP contribution is 2.28. The number of piperazine rings is 1. The number of rotatable bonds is 3. The Balaban J connectivity index is 2.17. The van der Waals surface area contributed by atoms with E-state index in [4.69, 9.17) is 17.3 Å². The largest absolute Gasteiger partial charge is 0.367 e. The predicted octanol–water partition coefficient (Wildman–Crippen LogP) is 2.20. The van der Waals surface area contributed by atoms with Gasteiger partial charge in [0.2, 0.25) is 0 Å². The van der Waals surface area contributed by atoms with Gasteiger partial charge in [-0.25, -0.2) is 0 Å². The summed E-state index contributed by atoms with van der Waals surface area (Å²) in [6, 6.07) is 9.10. The molecule has 1 aliphatic rings. The van der Waals surface area contributed by atoms with Crippen molar-refractivity contribution in [1.82, 2.24) is 4.90 Å². The van der Waals surface area contributed by atoms with E-state index < -0.39 is 0 Å². The molecule has 2 rings (SSSR count). The lowest BCUT2D eigenvalue weighted by Gasteiger charge is -2.45. The van der Waals surface area contributed by atoms with Gasteiger partial charge in [0, 0.05) is 25.2 Å². The summed E-state index contributed by atoms with van der Waals surface area (Å²) in [5.41, 5.74) is 6.85. The average molecular weight is 268 g/mol. The van der Waals surface area contributed by atoms with Crippen LogP contribution in [-0.4, -0.2) is 43.7 Å². The number of hydrogen-bond donors (Lipinski definition) is 1. The number of anilines is 1. The van der Waals surface area contributed by atoms with Gasteiger partial charge in [0.15, 0.2) is 0 Å². The van der Waals surface area contributed by atoms with E-state index in [1.54, 1.807) is 0 Å². The highest BCUT2D eigenvalue weighted by Gasteiger charge is 2.29. The summed E-state index contributed by atoms with van der Waals surface area (Å²) in [7, 11) is 2.19. The van der Waals surface area contributed by atoms with Gasteiger partial charge in [0.1, 0.15) is 0 Å². The molecule has 0 spiro atoms. The minimum absolute atomic E-state index is 0.509. The number of likely N-dealkylation sites (N-methyl/N-ethyl adjacent to an activating group) is 1. The van der Waals surface area contributed by atoms with Crippen molar-refractivity contribution >= 4 is 17.3 Å². The Bertz CT molecular complexity index is 396. The van der Waals surface area contributed by atoms with Crippen LogP contribution in [0.1, 0.15) is 13.3 Å². The second kappa shape index (κ2) is 5.91. The summed E-state index contributed by atoms with van der Waals surface area (Å²) in [4.78, 5) is 4.81. The van der Waals surface area contributed by atoms with E-state index in [9.17, 15) is 0 Å². The van der Waals surface area contributed by atoms with Crippen LogP contribution in [0.15, 0.2) is 24.3 Å². The zero-order valence-electron chi connectivity index (χ0n) is 11.1. The molecule has 1 aromatic rings. The third-order valence-electron chi connectivity index (χ3n) is 3.88. The summed E-state index contributed by atoms with van der Waals surface area (Å²) in [5, 5.41) is 0.834. The molecular weight excluding hydrogens is 246 g/mol. The maximum absolute atomic E-state index is 6.29. The maximum Gasteiger partial charge on any atom is 0.0639 e. The molecule has 3 nitrogen and oxygen atoms in total. The molecule has 0 amide bonds. The lowest BCUT2D eigenvalue weighted by Crippen LogP contribution is -2.56. The Labute approximate surface area is 115 Å². The molecule has 1 saturated heterocycles. The van der Waals surface area contributed by atoms with Crippen molar-refractivity contribution in [3.05, 3.63) is 29.3 Å². The first-order chi connectivity index (χ1) is 8.63. The van der Waals surface area contributed by atoms with Crippen LogP contribution in [0.5, 0.6) is 0 Å². The number of nitrogens with zero attached hydrogens (tertiary/aromatic N) is 2. The average Bonchev–Trinajstić information content (AvgIpc) is 2.35. The molecule has 1 aliphatic heterocycles. The van der Waals surface area contributed by atoms with E-state index in [1.807, 2.05) is 18.2 Å². The van der Waals surface area contributed by atoms with Crippen molar-refractivity contribution in [1.29, 1.82) is 0 Å². The smallest absolute Gasteiger partial charge is 0.0639 e. The molecule has 18 heavy (non-hydrogen) atoms. The Morgan fingerprint density at radius 2 is 2.06 bits per heavy atom.